The molecule has 0 amide bonds. The van der Waals surface area contributed by atoms with E-state index in [2.05, 4.69) is 23.4 Å². The van der Waals surface area contributed by atoms with Crippen LogP contribution < -0.4 is 5.32 Å². The molecular formula is C14H25N3O2S. The van der Waals surface area contributed by atoms with Crippen LogP contribution >= 0.6 is 11.8 Å². The lowest BCUT2D eigenvalue weighted by molar-refractivity contribution is -0.150. The van der Waals surface area contributed by atoms with Crippen LogP contribution in [-0.2, 0) is 16.6 Å². The van der Waals surface area contributed by atoms with E-state index in [1.807, 2.05) is 32.5 Å². The number of aryl methyl sites for hydroxylation is 2. The van der Waals surface area contributed by atoms with Gasteiger partial charge in [0.05, 0.1) is 17.3 Å². The summed E-state index contributed by atoms with van der Waals surface area (Å²) in [5.74, 6) is -0.198. The average molecular weight is 299 g/mol. The maximum absolute atomic E-state index is 12.0. The van der Waals surface area contributed by atoms with Gasteiger partial charge >= 0.3 is 5.97 Å². The second-order valence-corrected chi connectivity index (χ2v) is 6.64. The third-order valence-electron chi connectivity index (χ3n) is 3.25. The van der Waals surface area contributed by atoms with Crippen LogP contribution in [0.15, 0.2) is 11.1 Å². The Morgan fingerprint density at radius 3 is 2.75 bits per heavy atom. The van der Waals surface area contributed by atoms with Gasteiger partial charge in [0.2, 0.25) is 0 Å². The lowest BCUT2D eigenvalue weighted by Crippen LogP contribution is -2.50. The van der Waals surface area contributed by atoms with Crippen LogP contribution in [0.4, 0.5) is 0 Å². The number of hydrogen-bond acceptors (Lipinski definition) is 5. The van der Waals surface area contributed by atoms with Crippen molar-refractivity contribution in [2.75, 3.05) is 13.7 Å². The molecule has 2 unspecified atom stereocenters. The highest BCUT2D eigenvalue weighted by Crippen LogP contribution is 2.29. The summed E-state index contributed by atoms with van der Waals surface area (Å²) in [6.45, 7) is 8.20. The zero-order valence-corrected chi connectivity index (χ0v) is 14.0. The highest BCUT2D eigenvalue weighted by molar-refractivity contribution is 7.99. The number of nitrogens with zero attached hydrogens (tertiary/aromatic N) is 2. The van der Waals surface area contributed by atoms with E-state index in [9.17, 15) is 4.79 Å². The van der Waals surface area contributed by atoms with Gasteiger partial charge in [0, 0.05) is 12.3 Å². The summed E-state index contributed by atoms with van der Waals surface area (Å²) in [5.41, 5.74) is 0.347. The monoisotopic (exact) mass is 299 g/mol. The van der Waals surface area contributed by atoms with Crippen molar-refractivity contribution in [3.05, 3.63) is 11.8 Å². The predicted octanol–water partition coefficient (Wildman–Crippen LogP) is 2.14. The predicted molar refractivity (Wildman–Crippen MR) is 82.0 cm³/mol. The van der Waals surface area contributed by atoms with E-state index in [4.69, 9.17) is 4.74 Å². The SMILES string of the molecule is CCOC(=O)C(C)(CC(C)Sc1cc(C)nn1C)NC. The Balaban J connectivity index is 2.70. The number of carbonyl (C=O) groups excluding carboxylic acids is 1. The third kappa shape index (κ3) is 4.24. The molecule has 20 heavy (non-hydrogen) atoms. The van der Waals surface area contributed by atoms with Crippen LogP contribution in [0.25, 0.3) is 0 Å². The molecule has 5 nitrogen and oxygen atoms in total. The van der Waals surface area contributed by atoms with E-state index in [1.54, 1.807) is 18.8 Å². The van der Waals surface area contributed by atoms with Gasteiger partial charge in [-0.1, -0.05) is 6.92 Å². The Hall–Kier alpha value is -1.01. The highest BCUT2D eigenvalue weighted by Gasteiger charge is 2.35. The van der Waals surface area contributed by atoms with Crippen LogP contribution in [0.1, 0.15) is 32.9 Å². The average Bonchev–Trinajstić information content (AvgIpc) is 2.67. The van der Waals surface area contributed by atoms with Crippen molar-refractivity contribution in [3.63, 3.8) is 0 Å². The summed E-state index contributed by atoms with van der Waals surface area (Å²) in [6, 6.07) is 2.06. The maximum Gasteiger partial charge on any atom is 0.326 e. The van der Waals surface area contributed by atoms with Gasteiger partial charge in [-0.25, -0.2) is 0 Å². The number of thioether (sulfide) groups is 1. The molecule has 0 radical (unpaired) electrons. The summed E-state index contributed by atoms with van der Waals surface area (Å²) in [5, 5.41) is 8.80. The first-order valence-corrected chi connectivity index (χ1v) is 7.73. The van der Waals surface area contributed by atoms with Gasteiger partial charge in [0.1, 0.15) is 5.54 Å². The summed E-state index contributed by atoms with van der Waals surface area (Å²) in [4.78, 5) is 12.0. The van der Waals surface area contributed by atoms with Crippen LogP contribution in [0.3, 0.4) is 0 Å². The fourth-order valence-electron chi connectivity index (χ4n) is 2.10. The van der Waals surface area contributed by atoms with Gasteiger partial charge in [-0.15, -0.1) is 11.8 Å². The molecule has 0 saturated heterocycles. The molecule has 0 bridgehead atoms. The largest absolute Gasteiger partial charge is 0.465 e. The first kappa shape index (κ1) is 17.0. The first-order valence-electron chi connectivity index (χ1n) is 6.85. The Morgan fingerprint density at radius 2 is 2.30 bits per heavy atom. The zero-order valence-electron chi connectivity index (χ0n) is 13.2. The number of rotatable bonds is 7. The number of carbonyl (C=O) groups is 1. The number of hydrogen-bond donors (Lipinski definition) is 1. The zero-order chi connectivity index (χ0) is 15.3. The molecular weight excluding hydrogens is 274 g/mol. The van der Waals surface area contributed by atoms with Gasteiger partial charge in [-0.3, -0.25) is 9.48 Å². The summed E-state index contributed by atoms with van der Waals surface area (Å²) in [6.07, 6.45) is 0.692. The summed E-state index contributed by atoms with van der Waals surface area (Å²) >= 11 is 1.72. The van der Waals surface area contributed by atoms with Crippen LogP contribution in [-0.4, -0.2) is 40.2 Å². The lowest BCUT2D eigenvalue weighted by atomic mass is 9.96. The number of nitrogens with one attached hydrogen (secondary N) is 1. The van der Waals surface area contributed by atoms with Gasteiger partial charge in [-0.05, 0) is 40.3 Å². The molecule has 1 heterocycles. The minimum absolute atomic E-state index is 0.198. The number of likely N-dealkylation sites (N-methyl/N-ethyl adjacent to an activating group) is 1. The quantitative estimate of drug-likeness (QED) is 0.617. The molecule has 114 valence electrons. The maximum atomic E-state index is 12.0. The molecule has 0 spiro atoms. The second kappa shape index (κ2) is 7.13. The summed E-state index contributed by atoms with van der Waals surface area (Å²) < 4.78 is 7.02. The van der Waals surface area contributed by atoms with Crippen molar-refractivity contribution in [1.29, 1.82) is 0 Å². The molecule has 1 aromatic rings. The lowest BCUT2D eigenvalue weighted by Gasteiger charge is -2.29. The highest BCUT2D eigenvalue weighted by atomic mass is 32.2. The van der Waals surface area contributed by atoms with Gasteiger partial charge in [0.15, 0.2) is 0 Å². The van der Waals surface area contributed by atoms with E-state index in [0.29, 0.717) is 13.0 Å². The second-order valence-electron chi connectivity index (χ2n) is 5.18. The summed E-state index contributed by atoms with van der Waals surface area (Å²) in [7, 11) is 3.73. The van der Waals surface area contributed by atoms with Crippen LogP contribution in [0.5, 0.6) is 0 Å². The fraction of sp³-hybridized carbons (Fsp3) is 0.714. The number of ether oxygens (including phenoxy) is 1. The van der Waals surface area contributed by atoms with Crippen molar-refractivity contribution in [2.45, 2.75) is 49.9 Å². The molecule has 1 rings (SSSR count). The Labute approximate surface area is 125 Å². The van der Waals surface area contributed by atoms with Crippen molar-refractivity contribution in [3.8, 4) is 0 Å². The minimum Gasteiger partial charge on any atom is -0.465 e. The molecule has 6 heteroatoms. The standard InChI is InChI=1S/C14H25N3O2S/c1-7-19-13(18)14(4,15-5)9-11(3)20-12-8-10(2)16-17(12)6/h8,11,15H,7,9H2,1-6H3. The van der Waals surface area contributed by atoms with E-state index < -0.39 is 5.54 Å². The smallest absolute Gasteiger partial charge is 0.326 e. The number of esters is 1. The molecule has 0 aliphatic rings. The van der Waals surface area contributed by atoms with Crippen molar-refractivity contribution in [1.82, 2.24) is 15.1 Å². The normalized spacial score (nSPS) is 15.7. The van der Waals surface area contributed by atoms with Gasteiger partial charge in [-0.2, -0.15) is 5.10 Å². The van der Waals surface area contributed by atoms with E-state index in [0.717, 1.165) is 10.7 Å². The molecule has 0 aromatic carbocycles. The van der Waals surface area contributed by atoms with E-state index >= 15 is 0 Å². The van der Waals surface area contributed by atoms with Gasteiger partial charge in [0.25, 0.3) is 0 Å². The fourth-order valence-corrected chi connectivity index (χ4v) is 3.36. The third-order valence-corrected chi connectivity index (χ3v) is 4.45. The topological polar surface area (TPSA) is 56.1 Å². The molecule has 1 aromatic heterocycles. The Kier molecular flexibility index (Phi) is 6.07. The minimum atomic E-state index is -0.657. The van der Waals surface area contributed by atoms with Crippen molar-refractivity contribution >= 4 is 17.7 Å². The number of aromatic nitrogens is 2. The van der Waals surface area contributed by atoms with Crippen molar-refractivity contribution in [2.24, 2.45) is 7.05 Å². The molecule has 2 atom stereocenters. The molecule has 1 N–H and O–H groups in total. The van der Waals surface area contributed by atoms with Gasteiger partial charge < -0.3 is 10.1 Å². The molecule has 0 aliphatic carbocycles. The van der Waals surface area contributed by atoms with E-state index in [-0.39, 0.29) is 11.2 Å². The Morgan fingerprint density at radius 1 is 1.65 bits per heavy atom. The van der Waals surface area contributed by atoms with Crippen molar-refractivity contribution < 1.29 is 9.53 Å². The molecule has 0 saturated carbocycles. The van der Waals surface area contributed by atoms with Crippen LogP contribution in [0.2, 0.25) is 0 Å². The Bertz CT molecular complexity index is 461. The van der Waals surface area contributed by atoms with Crippen LogP contribution in [0, 0.1) is 6.92 Å². The van der Waals surface area contributed by atoms with E-state index in [1.165, 1.54) is 0 Å². The molecule has 0 fully saturated rings. The molecule has 0 aliphatic heterocycles. The first-order chi connectivity index (χ1) is 9.32.